The molecule has 2 unspecified atom stereocenters. The molecule has 2 aliphatic heterocycles. The number of likely N-dealkylation sites (tertiary alicyclic amines) is 1. The van der Waals surface area contributed by atoms with Gasteiger partial charge in [0.05, 0.1) is 10.9 Å². The van der Waals surface area contributed by atoms with E-state index < -0.39 is 0 Å². The summed E-state index contributed by atoms with van der Waals surface area (Å²) in [6.07, 6.45) is 4.70. The molecule has 0 spiro atoms. The highest BCUT2D eigenvalue weighted by atomic mass is 79.9. The summed E-state index contributed by atoms with van der Waals surface area (Å²) in [6, 6.07) is 0. The molecule has 2 atom stereocenters. The first kappa shape index (κ1) is 10.4. The second kappa shape index (κ2) is 4.62. The number of hydrogen-bond acceptors (Lipinski definition) is 2. The Bertz CT molecular complexity index is 216. The van der Waals surface area contributed by atoms with Gasteiger partial charge in [-0.2, -0.15) is 0 Å². The van der Waals surface area contributed by atoms with Crippen LogP contribution in [-0.4, -0.2) is 41.4 Å². The predicted octanol–water partition coefficient (Wildman–Crippen LogP) is 1.55. The van der Waals surface area contributed by atoms with Gasteiger partial charge in [0, 0.05) is 19.7 Å². The number of carbonyl (C=O) groups excluding carboxylic acids is 1. The average molecular weight is 262 g/mol. The third-order valence-corrected chi connectivity index (χ3v) is 3.83. The minimum Gasteiger partial charge on any atom is -0.378 e. The fraction of sp³-hybridized carbons (Fsp3) is 0.900. The summed E-state index contributed by atoms with van der Waals surface area (Å²) in [7, 11) is 0. The normalized spacial score (nSPS) is 32.9. The zero-order valence-electron chi connectivity index (χ0n) is 8.25. The number of rotatable bonds is 3. The Kier molecular flexibility index (Phi) is 3.44. The van der Waals surface area contributed by atoms with Crippen LogP contribution in [0, 0.1) is 0 Å². The summed E-state index contributed by atoms with van der Waals surface area (Å²) < 4.78 is 5.53. The van der Waals surface area contributed by atoms with Gasteiger partial charge in [0.1, 0.15) is 0 Å². The maximum absolute atomic E-state index is 11.5. The minimum absolute atomic E-state index is 0.0620. The lowest BCUT2D eigenvalue weighted by Gasteiger charge is -2.17. The summed E-state index contributed by atoms with van der Waals surface area (Å²) in [4.78, 5) is 13.6. The maximum Gasteiger partial charge on any atom is 0.236 e. The van der Waals surface area contributed by atoms with Crippen molar-refractivity contribution in [3.8, 4) is 0 Å². The third kappa shape index (κ3) is 2.28. The molecule has 1 amide bonds. The third-order valence-electron chi connectivity index (χ3n) is 2.98. The highest BCUT2D eigenvalue weighted by molar-refractivity contribution is 9.10. The second-order valence-electron chi connectivity index (χ2n) is 4.01. The molecule has 14 heavy (non-hydrogen) atoms. The Hall–Kier alpha value is -0.0900. The van der Waals surface area contributed by atoms with Crippen molar-refractivity contribution in [3.05, 3.63) is 0 Å². The molecule has 0 aromatic carbocycles. The van der Waals surface area contributed by atoms with Gasteiger partial charge in [-0.1, -0.05) is 15.9 Å². The lowest BCUT2D eigenvalue weighted by atomic mass is 10.2. The van der Waals surface area contributed by atoms with E-state index in [0.717, 1.165) is 32.5 Å². The standard InChI is InChI=1S/C10H16BrNO2/c11-9-4-6-12(10(9)13)5-3-8-2-1-7-14-8/h8-9H,1-7H2. The SMILES string of the molecule is O=C1C(Br)CCN1CCC1CCCO1. The highest BCUT2D eigenvalue weighted by Gasteiger charge is 2.29. The van der Waals surface area contributed by atoms with E-state index in [1.54, 1.807) is 0 Å². The van der Waals surface area contributed by atoms with E-state index in [2.05, 4.69) is 15.9 Å². The summed E-state index contributed by atoms with van der Waals surface area (Å²) in [5, 5.41) is 0. The van der Waals surface area contributed by atoms with Gasteiger partial charge < -0.3 is 9.64 Å². The van der Waals surface area contributed by atoms with E-state index in [1.807, 2.05) is 4.90 Å². The van der Waals surface area contributed by atoms with Gasteiger partial charge in [0.15, 0.2) is 0 Å². The van der Waals surface area contributed by atoms with Gasteiger partial charge >= 0.3 is 0 Å². The lowest BCUT2D eigenvalue weighted by Crippen LogP contribution is -2.30. The number of alkyl halides is 1. The summed E-state index contributed by atoms with van der Waals surface area (Å²) in [6.45, 7) is 2.67. The van der Waals surface area contributed by atoms with Crippen LogP contribution in [0.3, 0.4) is 0 Å². The van der Waals surface area contributed by atoms with Crippen molar-refractivity contribution in [2.24, 2.45) is 0 Å². The zero-order chi connectivity index (χ0) is 9.97. The number of hydrogen-bond donors (Lipinski definition) is 0. The van der Waals surface area contributed by atoms with Crippen LogP contribution < -0.4 is 0 Å². The van der Waals surface area contributed by atoms with Crippen molar-refractivity contribution >= 4 is 21.8 Å². The van der Waals surface area contributed by atoms with Crippen LogP contribution in [-0.2, 0) is 9.53 Å². The molecular weight excluding hydrogens is 246 g/mol. The Morgan fingerprint density at radius 1 is 1.50 bits per heavy atom. The van der Waals surface area contributed by atoms with Gasteiger partial charge in [0.25, 0.3) is 0 Å². The molecule has 4 heteroatoms. The number of halogens is 1. The van der Waals surface area contributed by atoms with Crippen molar-refractivity contribution < 1.29 is 9.53 Å². The van der Waals surface area contributed by atoms with E-state index in [-0.39, 0.29) is 10.7 Å². The Labute approximate surface area is 92.9 Å². The molecular formula is C10H16BrNO2. The highest BCUT2D eigenvalue weighted by Crippen LogP contribution is 2.21. The number of carbonyl (C=O) groups is 1. The smallest absolute Gasteiger partial charge is 0.236 e. The molecule has 0 aromatic heterocycles. The van der Waals surface area contributed by atoms with Crippen LogP contribution in [0.2, 0.25) is 0 Å². The van der Waals surface area contributed by atoms with Gasteiger partial charge in [0.2, 0.25) is 5.91 Å². The van der Waals surface area contributed by atoms with Crippen LogP contribution >= 0.6 is 15.9 Å². The first-order valence-corrected chi connectivity index (χ1v) is 6.23. The minimum atomic E-state index is 0.0620. The Morgan fingerprint density at radius 2 is 2.36 bits per heavy atom. The summed E-state index contributed by atoms with van der Waals surface area (Å²) >= 11 is 3.38. The fourth-order valence-electron chi connectivity index (χ4n) is 2.09. The maximum atomic E-state index is 11.5. The fourth-order valence-corrected chi connectivity index (χ4v) is 2.59. The van der Waals surface area contributed by atoms with E-state index in [4.69, 9.17) is 4.74 Å². The molecule has 3 nitrogen and oxygen atoms in total. The summed E-state index contributed by atoms with van der Waals surface area (Å²) in [5.41, 5.74) is 0. The van der Waals surface area contributed by atoms with Crippen LogP contribution in [0.25, 0.3) is 0 Å². The van der Waals surface area contributed by atoms with Crippen LogP contribution in [0.1, 0.15) is 25.7 Å². The van der Waals surface area contributed by atoms with Gasteiger partial charge in [-0.15, -0.1) is 0 Å². The largest absolute Gasteiger partial charge is 0.378 e. The van der Waals surface area contributed by atoms with Crippen molar-refractivity contribution in [1.29, 1.82) is 0 Å². The number of ether oxygens (including phenoxy) is 1. The van der Waals surface area contributed by atoms with Crippen molar-refractivity contribution in [1.82, 2.24) is 4.90 Å². The molecule has 0 aromatic rings. The average Bonchev–Trinajstić information content (AvgIpc) is 2.77. The van der Waals surface area contributed by atoms with Crippen LogP contribution in [0.4, 0.5) is 0 Å². The van der Waals surface area contributed by atoms with E-state index in [1.165, 1.54) is 12.8 Å². The van der Waals surface area contributed by atoms with Crippen LogP contribution in [0.5, 0.6) is 0 Å². The van der Waals surface area contributed by atoms with E-state index in [9.17, 15) is 4.79 Å². The van der Waals surface area contributed by atoms with Crippen molar-refractivity contribution in [2.75, 3.05) is 19.7 Å². The molecule has 2 aliphatic rings. The monoisotopic (exact) mass is 261 g/mol. The molecule has 2 saturated heterocycles. The second-order valence-corrected chi connectivity index (χ2v) is 5.11. The quantitative estimate of drug-likeness (QED) is 0.722. The van der Waals surface area contributed by atoms with Gasteiger partial charge in [-0.05, 0) is 25.7 Å². The molecule has 0 bridgehead atoms. The summed E-state index contributed by atoms with van der Waals surface area (Å²) in [5.74, 6) is 0.253. The van der Waals surface area contributed by atoms with E-state index in [0.29, 0.717) is 6.10 Å². The molecule has 0 N–H and O–H groups in total. The van der Waals surface area contributed by atoms with E-state index >= 15 is 0 Å². The Balaban J connectivity index is 1.72. The first-order valence-electron chi connectivity index (χ1n) is 5.32. The number of nitrogens with zero attached hydrogens (tertiary/aromatic N) is 1. The number of amides is 1. The molecule has 2 heterocycles. The zero-order valence-corrected chi connectivity index (χ0v) is 9.83. The predicted molar refractivity (Wildman–Crippen MR) is 57.5 cm³/mol. The lowest BCUT2D eigenvalue weighted by molar-refractivity contribution is -0.127. The molecule has 0 aliphatic carbocycles. The van der Waals surface area contributed by atoms with Crippen LogP contribution in [0.15, 0.2) is 0 Å². The van der Waals surface area contributed by atoms with Crippen molar-refractivity contribution in [2.45, 2.75) is 36.6 Å². The molecule has 0 radical (unpaired) electrons. The first-order chi connectivity index (χ1) is 6.77. The molecule has 0 saturated carbocycles. The topological polar surface area (TPSA) is 29.5 Å². The molecule has 2 fully saturated rings. The molecule has 80 valence electrons. The molecule has 2 rings (SSSR count). The van der Waals surface area contributed by atoms with Crippen molar-refractivity contribution in [3.63, 3.8) is 0 Å². The van der Waals surface area contributed by atoms with Gasteiger partial charge in [-0.3, -0.25) is 4.79 Å². The Morgan fingerprint density at radius 3 is 2.93 bits per heavy atom. The van der Waals surface area contributed by atoms with Gasteiger partial charge in [-0.25, -0.2) is 0 Å².